The fourth-order valence-electron chi connectivity index (χ4n) is 2.08. The van der Waals surface area contributed by atoms with Crippen molar-refractivity contribution in [2.45, 2.75) is 6.18 Å². The Morgan fingerprint density at radius 1 is 1.20 bits per heavy atom. The SMILES string of the molecule is CN(CC(F)(F)F)c1cc(-c2ncnc(Nc3ccsc3)n2)ccn1. The monoisotopic (exact) mass is 366 g/mol. The van der Waals surface area contributed by atoms with E-state index in [1.165, 1.54) is 37.0 Å². The summed E-state index contributed by atoms with van der Waals surface area (Å²) in [4.78, 5) is 17.4. The van der Waals surface area contributed by atoms with E-state index in [1.807, 2.05) is 16.8 Å². The van der Waals surface area contributed by atoms with Crippen molar-refractivity contribution >= 4 is 28.8 Å². The maximum atomic E-state index is 12.5. The van der Waals surface area contributed by atoms with Crippen molar-refractivity contribution in [2.24, 2.45) is 0 Å². The summed E-state index contributed by atoms with van der Waals surface area (Å²) in [6.45, 7) is -1.09. The first-order valence-electron chi connectivity index (χ1n) is 7.13. The van der Waals surface area contributed by atoms with Crippen LogP contribution in [0.2, 0.25) is 0 Å². The zero-order chi connectivity index (χ0) is 17.9. The minimum atomic E-state index is -4.31. The molecule has 0 bridgehead atoms. The molecule has 3 aromatic heterocycles. The van der Waals surface area contributed by atoms with Crippen LogP contribution in [0.5, 0.6) is 0 Å². The lowest BCUT2D eigenvalue weighted by molar-refractivity contribution is -0.119. The van der Waals surface area contributed by atoms with Crippen molar-refractivity contribution in [3.63, 3.8) is 0 Å². The molecule has 0 aromatic carbocycles. The smallest absolute Gasteiger partial charge is 0.351 e. The minimum absolute atomic E-state index is 0.183. The molecule has 6 nitrogen and oxygen atoms in total. The molecule has 0 fully saturated rings. The average Bonchev–Trinajstić information content (AvgIpc) is 3.07. The van der Waals surface area contributed by atoms with Gasteiger partial charge in [-0.2, -0.15) is 29.5 Å². The second kappa shape index (κ2) is 7.01. The van der Waals surface area contributed by atoms with Gasteiger partial charge in [-0.15, -0.1) is 0 Å². The van der Waals surface area contributed by atoms with E-state index in [4.69, 9.17) is 0 Å². The number of hydrogen-bond acceptors (Lipinski definition) is 7. The first-order valence-corrected chi connectivity index (χ1v) is 8.07. The molecule has 3 aromatic rings. The number of thiophene rings is 1. The standard InChI is InChI=1S/C15H13F3N6S/c1-24(8-15(16,17)18)12-6-10(2-4-19-12)13-20-9-21-14(23-13)22-11-3-5-25-7-11/h2-7,9H,8H2,1H3,(H,20,21,22,23). The van der Waals surface area contributed by atoms with E-state index in [0.29, 0.717) is 17.3 Å². The van der Waals surface area contributed by atoms with E-state index in [-0.39, 0.29) is 5.82 Å². The summed E-state index contributed by atoms with van der Waals surface area (Å²) in [7, 11) is 1.33. The van der Waals surface area contributed by atoms with Crippen LogP contribution in [0, 0.1) is 0 Å². The Bertz CT molecular complexity index is 837. The molecule has 0 spiro atoms. The maximum absolute atomic E-state index is 12.5. The number of halogens is 3. The van der Waals surface area contributed by atoms with Crippen LogP contribution in [-0.4, -0.2) is 39.7 Å². The molecule has 0 aliphatic heterocycles. The lowest BCUT2D eigenvalue weighted by Gasteiger charge is -2.20. The van der Waals surface area contributed by atoms with Gasteiger partial charge >= 0.3 is 6.18 Å². The van der Waals surface area contributed by atoms with Crippen molar-refractivity contribution in [1.29, 1.82) is 0 Å². The highest BCUT2D eigenvalue weighted by Gasteiger charge is 2.29. The van der Waals surface area contributed by atoms with Crippen LogP contribution in [0.3, 0.4) is 0 Å². The summed E-state index contributed by atoms with van der Waals surface area (Å²) >= 11 is 1.53. The number of rotatable bonds is 5. The zero-order valence-electron chi connectivity index (χ0n) is 13.0. The second-order valence-corrected chi connectivity index (χ2v) is 5.92. The normalized spacial score (nSPS) is 11.4. The van der Waals surface area contributed by atoms with Crippen LogP contribution in [-0.2, 0) is 0 Å². The van der Waals surface area contributed by atoms with E-state index in [9.17, 15) is 13.2 Å². The van der Waals surface area contributed by atoms with Crippen LogP contribution in [0.15, 0.2) is 41.5 Å². The highest BCUT2D eigenvalue weighted by Crippen LogP contribution is 2.23. The number of anilines is 3. The van der Waals surface area contributed by atoms with Crippen LogP contribution < -0.4 is 10.2 Å². The summed E-state index contributed by atoms with van der Waals surface area (Å²) in [6.07, 6.45) is -1.54. The van der Waals surface area contributed by atoms with E-state index in [0.717, 1.165) is 10.6 Å². The van der Waals surface area contributed by atoms with E-state index < -0.39 is 12.7 Å². The topological polar surface area (TPSA) is 66.8 Å². The maximum Gasteiger partial charge on any atom is 0.405 e. The molecular weight excluding hydrogens is 353 g/mol. The summed E-state index contributed by atoms with van der Waals surface area (Å²) in [5.74, 6) is 0.879. The van der Waals surface area contributed by atoms with Gasteiger partial charge in [0.05, 0.1) is 5.69 Å². The summed E-state index contributed by atoms with van der Waals surface area (Å²) < 4.78 is 37.6. The Kier molecular flexibility index (Phi) is 4.79. The van der Waals surface area contributed by atoms with Gasteiger partial charge in [0.2, 0.25) is 5.95 Å². The van der Waals surface area contributed by atoms with Crippen molar-refractivity contribution in [3.05, 3.63) is 41.5 Å². The zero-order valence-corrected chi connectivity index (χ0v) is 13.8. The highest BCUT2D eigenvalue weighted by atomic mass is 32.1. The third kappa shape index (κ3) is 4.63. The molecule has 0 amide bonds. The van der Waals surface area contributed by atoms with Crippen molar-refractivity contribution in [2.75, 3.05) is 23.8 Å². The molecule has 1 N–H and O–H groups in total. The van der Waals surface area contributed by atoms with Crippen LogP contribution in [0.1, 0.15) is 0 Å². The third-order valence-electron chi connectivity index (χ3n) is 3.16. The molecule has 0 saturated carbocycles. The number of pyridine rings is 1. The quantitative estimate of drug-likeness (QED) is 0.742. The molecule has 3 heterocycles. The Morgan fingerprint density at radius 3 is 2.76 bits per heavy atom. The van der Waals surface area contributed by atoms with Gasteiger partial charge in [0.15, 0.2) is 5.82 Å². The number of hydrogen-bond donors (Lipinski definition) is 1. The summed E-state index contributed by atoms with van der Waals surface area (Å²) in [5.41, 5.74) is 1.40. The van der Waals surface area contributed by atoms with E-state index >= 15 is 0 Å². The van der Waals surface area contributed by atoms with Crippen LogP contribution in [0.4, 0.5) is 30.6 Å². The molecule has 0 radical (unpaired) electrons. The van der Waals surface area contributed by atoms with Gasteiger partial charge in [-0.3, -0.25) is 0 Å². The first-order chi connectivity index (χ1) is 11.9. The molecule has 25 heavy (non-hydrogen) atoms. The summed E-state index contributed by atoms with van der Waals surface area (Å²) in [6, 6.07) is 5.02. The van der Waals surface area contributed by atoms with Crippen LogP contribution >= 0.6 is 11.3 Å². The first kappa shape index (κ1) is 17.1. The Morgan fingerprint density at radius 2 is 2.04 bits per heavy atom. The Balaban J connectivity index is 1.83. The number of nitrogens with one attached hydrogen (secondary N) is 1. The molecule has 10 heteroatoms. The number of alkyl halides is 3. The van der Waals surface area contributed by atoms with Crippen molar-refractivity contribution < 1.29 is 13.2 Å². The molecule has 0 aliphatic carbocycles. The fraction of sp³-hybridized carbons (Fsp3) is 0.200. The van der Waals surface area contributed by atoms with Gasteiger partial charge < -0.3 is 10.2 Å². The molecule has 0 atom stereocenters. The van der Waals surface area contributed by atoms with Gasteiger partial charge in [-0.25, -0.2) is 15.0 Å². The van der Waals surface area contributed by atoms with Crippen molar-refractivity contribution in [3.8, 4) is 11.4 Å². The Hall–Kier alpha value is -2.75. The number of aromatic nitrogens is 4. The van der Waals surface area contributed by atoms with Gasteiger partial charge in [0.25, 0.3) is 0 Å². The predicted octanol–water partition coefficient (Wildman–Crippen LogP) is 3.74. The molecular formula is C15H13F3N6S. The largest absolute Gasteiger partial charge is 0.405 e. The summed E-state index contributed by atoms with van der Waals surface area (Å²) in [5, 5.41) is 6.85. The third-order valence-corrected chi connectivity index (χ3v) is 3.84. The molecule has 130 valence electrons. The molecule has 0 aliphatic rings. The molecule has 0 unspecified atom stereocenters. The lowest BCUT2D eigenvalue weighted by atomic mass is 10.2. The van der Waals surface area contributed by atoms with E-state index in [2.05, 4.69) is 25.3 Å². The molecule has 0 saturated heterocycles. The van der Waals surface area contributed by atoms with E-state index in [1.54, 1.807) is 6.07 Å². The minimum Gasteiger partial charge on any atom is -0.351 e. The second-order valence-electron chi connectivity index (χ2n) is 5.14. The number of nitrogens with zero attached hydrogens (tertiary/aromatic N) is 5. The van der Waals surface area contributed by atoms with Gasteiger partial charge in [-0.05, 0) is 23.6 Å². The van der Waals surface area contributed by atoms with Gasteiger partial charge in [0.1, 0.15) is 18.7 Å². The average molecular weight is 366 g/mol. The lowest BCUT2D eigenvalue weighted by Crippen LogP contribution is -2.31. The molecule has 3 rings (SSSR count). The predicted molar refractivity (Wildman–Crippen MR) is 90.0 cm³/mol. The Labute approximate surface area is 145 Å². The van der Waals surface area contributed by atoms with Crippen molar-refractivity contribution in [1.82, 2.24) is 19.9 Å². The fourth-order valence-corrected chi connectivity index (χ4v) is 2.66. The van der Waals surface area contributed by atoms with Crippen LogP contribution in [0.25, 0.3) is 11.4 Å². The van der Waals surface area contributed by atoms with Gasteiger partial charge in [0, 0.05) is 24.2 Å². The highest BCUT2D eigenvalue weighted by molar-refractivity contribution is 7.08. The van der Waals surface area contributed by atoms with Gasteiger partial charge in [-0.1, -0.05) is 0 Å².